The fourth-order valence-corrected chi connectivity index (χ4v) is 3.65. The van der Waals surface area contributed by atoms with Crippen LogP contribution in [0.1, 0.15) is 34.3 Å². The first-order chi connectivity index (χ1) is 12.6. The van der Waals surface area contributed by atoms with Crippen molar-refractivity contribution >= 4 is 11.9 Å². The summed E-state index contributed by atoms with van der Waals surface area (Å²) < 4.78 is 5.42. The van der Waals surface area contributed by atoms with Gasteiger partial charge in [-0.25, -0.2) is 4.79 Å². The maximum Gasteiger partial charge on any atom is 0.335 e. The van der Waals surface area contributed by atoms with Crippen molar-refractivity contribution in [1.82, 2.24) is 4.90 Å². The Labute approximate surface area is 153 Å². The van der Waals surface area contributed by atoms with Gasteiger partial charge in [-0.15, -0.1) is 0 Å². The minimum Gasteiger partial charge on any atom is -0.496 e. The molecule has 0 radical (unpaired) electrons. The van der Waals surface area contributed by atoms with Crippen molar-refractivity contribution in [2.75, 3.05) is 13.7 Å². The topological polar surface area (TPSA) is 66.8 Å². The number of ether oxygens (including phenoxy) is 1. The van der Waals surface area contributed by atoms with Crippen LogP contribution in [0.5, 0.6) is 5.75 Å². The first-order valence-electron chi connectivity index (χ1n) is 8.82. The zero-order valence-corrected chi connectivity index (χ0v) is 14.9. The highest BCUT2D eigenvalue weighted by Crippen LogP contribution is 2.26. The number of aromatic carboxylic acids is 1. The zero-order chi connectivity index (χ0) is 18.5. The van der Waals surface area contributed by atoms with Crippen LogP contribution in [0.25, 0.3) is 0 Å². The van der Waals surface area contributed by atoms with E-state index < -0.39 is 5.97 Å². The number of nitrogens with zero attached hydrogens (tertiary/aromatic N) is 1. The summed E-state index contributed by atoms with van der Waals surface area (Å²) in [5, 5.41) is 9.31. The van der Waals surface area contributed by atoms with Crippen LogP contribution in [0, 0.1) is 0 Å². The summed E-state index contributed by atoms with van der Waals surface area (Å²) in [6, 6.07) is 14.7. The van der Waals surface area contributed by atoms with Gasteiger partial charge in [-0.3, -0.25) is 4.79 Å². The number of rotatable bonds is 6. The standard InChI is InChI=1S/C21H23NO4/c1-26-19-11-5-3-8-16(19)13-17-9-6-12-22(17)20(23)14-15-7-2-4-10-18(15)21(24)25/h2-5,7-8,10-11,17H,6,9,12-14H2,1H3,(H,24,25). The average Bonchev–Trinajstić information content (AvgIpc) is 3.10. The molecule has 1 fully saturated rings. The fraction of sp³-hybridized carbons (Fsp3) is 0.333. The summed E-state index contributed by atoms with van der Waals surface area (Å²) in [4.78, 5) is 26.1. The summed E-state index contributed by atoms with van der Waals surface area (Å²) in [6.45, 7) is 0.716. The molecule has 1 aliphatic rings. The summed E-state index contributed by atoms with van der Waals surface area (Å²) in [5.41, 5.74) is 1.85. The molecule has 0 aromatic heterocycles. The molecule has 1 amide bonds. The first-order valence-corrected chi connectivity index (χ1v) is 8.82. The molecular weight excluding hydrogens is 330 g/mol. The van der Waals surface area contributed by atoms with Gasteiger partial charge in [0.05, 0.1) is 19.1 Å². The van der Waals surface area contributed by atoms with E-state index in [0.29, 0.717) is 12.1 Å². The third-order valence-corrected chi connectivity index (χ3v) is 4.93. The molecule has 5 nitrogen and oxygen atoms in total. The lowest BCUT2D eigenvalue weighted by Crippen LogP contribution is -2.38. The molecule has 0 aliphatic carbocycles. The van der Waals surface area contributed by atoms with Gasteiger partial charge in [-0.2, -0.15) is 0 Å². The zero-order valence-electron chi connectivity index (χ0n) is 14.9. The van der Waals surface area contributed by atoms with Crippen LogP contribution in [0.4, 0.5) is 0 Å². The largest absolute Gasteiger partial charge is 0.496 e. The number of hydrogen-bond acceptors (Lipinski definition) is 3. The second-order valence-electron chi connectivity index (χ2n) is 6.54. The molecule has 26 heavy (non-hydrogen) atoms. The molecule has 2 aromatic carbocycles. The molecule has 1 unspecified atom stereocenters. The van der Waals surface area contributed by atoms with Crippen molar-refractivity contribution in [3.05, 3.63) is 65.2 Å². The smallest absolute Gasteiger partial charge is 0.335 e. The number of para-hydroxylation sites is 1. The van der Waals surface area contributed by atoms with Gasteiger partial charge in [0.1, 0.15) is 5.75 Å². The SMILES string of the molecule is COc1ccccc1CC1CCCN1C(=O)Cc1ccccc1C(=O)O. The van der Waals surface area contributed by atoms with Crippen LogP contribution >= 0.6 is 0 Å². The van der Waals surface area contributed by atoms with Gasteiger partial charge in [0.25, 0.3) is 0 Å². The summed E-state index contributed by atoms with van der Waals surface area (Å²) in [5.74, 6) is -0.181. The van der Waals surface area contributed by atoms with Gasteiger partial charge in [0, 0.05) is 12.6 Å². The number of carboxylic acids is 1. The van der Waals surface area contributed by atoms with Crippen molar-refractivity contribution in [2.24, 2.45) is 0 Å². The molecule has 2 aromatic rings. The van der Waals surface area contributed by atoms with Gasteiger partial charge in [0.2, 0.25) is 5.91 Å². The Balaban J connectivity index is 1.74. The van der Waals surface area contributed by atoms with Crippen LogP contribution in [0.15, 0.2) is 48.5 Å². The van der Waals surface area contributed by atoms with Crippen LogP contribution < -0.4 is 4.74 Å². The van der Waals surface area contributed by atoms with Crippen molar-refractivity contribution in [3.63, 3.8) is 0 Å². The Morgan fingerprint density at radius 1 is 1.12 bits per heavy atom. The van der Waals surface area contributed by atoms with Gasteiger partial charge in [-0.1, -0.05) is 36.4 Å². The number of amides is 1. The van der Waals surface area contributed by atoms with E-state index in [1.54, 1.807) is 31.4 Å². The second-order valence-corrected chi connectivity index (χ2v) is 6.54. The molecule has 5 heteroatoms. The molecule has 1 N–H and O–H groups in total. The third kappa shape index (κ3) is 3.87. The molecule has 0 saturated carbocycles. The molecule has 136 valence electrons. The van der Waals surface area contributed by atoms with Crippen LogP contribution in [0.3, 0.4) is 0 Å². The van der Waals surface area contributed by atoms with Crippen molar-refractivity contribution in [3.8, 4) is 5.75 Å². The molecule has 1 heterocycles. The molecule has 0 spiro atoms. The Morgan fingerprint density at radius 3 is 2.54 bits per heavy atom. The predicted octanol–water partition coefficient (Wildman–Crippen LogP) is 3.17. The number of carboxylic acid groups (broad SMARTS) is 1. The number of hydrogen-bond donors (Lipinski definition) is 1. The minimum absolute atomic E-state index is 0.0175. The Kier molecular flexibility index (Phi) is 5.56. The van der Waals surface area contributed by atoms with E-state index in [9.17, 15) is 14.7 Å². The van der Waals surface area contributed by atoms with E-state index in [4.69, 9.17) is 4.74 Å². The molecule has 1 saturated heterocycles. The highest BCUT2D eigenvalue weighted by Gasteiger charge is 2.30. The van der Waals surface area contributed by atoms with Crippen molar-refractivity contribution < 1.29 is 19.4 Å². The van der Waals surface area contributed by atoms with E-state index in [1.165, 1.54) is 0 Å². The van der Waals surface area contributed by atoms with Crippen molar-refractivity contribution in [1.29, 1.82) is 0 Å². The summed E-state index contributed by atoms with van der Waals surface area (Å²) >= 11 is 0. The van der Waals surface area contributed by atoms with Crippen LogP contribution in [-0.4, -0.2) is 41.6 Å². The third-order valence-electron chi connectivity index (χ3n) is 4.93. The lowest BCUT2D eigenvalue weighted by molar-refractivity contribution is -0.131. The minimum atomic E-state index is -1.000. The van der Waals surface area contributed by atoms with E-state index in [0.717, 1.165) is 30.6 Å². The lowest BCUT2D eigenvalue weighted by Gasteiger charge is -2.26. The number of methoxy groups -OCH3 is 1. The number of carbonyl (C=O) groups excluding carboxylic acids is 1. The van der Waals surface area contributed by atoms with Gasteiger partial charge < -0.3 is 14.7 Å². The van der Waals surface area contributed by atoms with E-state index in [-0.39, 0.29) is 23.9 Å². The maximum atomic E-state index is 12.8. The fourth-order valence-electron chi connectivity index (χ4n) is 3.65. The summed E-state index contributed by atoms with van der Waals surface area (Å²) in [7, 11) is 1.65. The van der Waals surface area contributed by atoms with Gasteiger partial charge in [-0.05, 0) is 42.5 Å². The quantitative estimate of drug-likeness (QED) is 0.866. The first kappa shape index (κ1) is 18.0. The second kappa shape index (κ2) is 8.04. The highest BCUT2D eigenvalue weighted by molar-refractivity contribution is 5.91. The normalized spacial score (nSPS) is 16.5. The molecular formula is C21H23NO4. The lowest BCUT2D eigenvalue weighted by atomic mass is 10.0. The van der Waals surface area contributed by atoms with Crippen LogP contribution in [-0.2, 0) is 17.6 Å². The molecule has 3 rings (SSSR count). The van der Waals surface area contributed by atoms with Crippen LogP contribution in [0.2, 0.25) is 0 Å². The molecule has 1 atom stereocenters. The number of likely N-dealkylation sites (tertiary alicyclic amines) is 1. The predicted molar refractivity (Wildman–Crippen MR) is 98.5 cm³/mol. The highest BCUT2D eigenvalue weighted by atomic mass is 16.5. The number of benzene rings is 2. The van der Waals surface area contributed by atoms with E-state index in [1.807, 2.05) is 29.2 Å². The molecule has 0 bridgehead atoms. The maximum absolute atomic E-state index is 12.8. The molecule has 1 aliphatic heterocycles. The Bertz CT molecular complexity index is 802. The average molecular weight is 353 g/mol. The summed E-state index contributed by atoms with van der Waals surface area (Å²) in [6.07, 6.45) is 2.78. The number of carbonyl (C=O) groups is 2. The van der Waals surface area contributed by atoms with Crippen molar-refractivity contribution in [2.45, 2.75) is 31.7 Å². The Morgan fingerprint density at radius 2 is 1.81 bits per heavy atom. The van der Waals surface area contributed by atoms with Gasteiger partial charge in [0.15, 0.2) is 0 Å². The Hall–Kier alpha value is -2.82. The van der Waals surface area contributed by atoms with Gasteiger partial charge >= 0.3 is 5.97 Å². The monoisotopic (exact) mass is 353 g/mol. The van der Waals surface area contributed by atoms with E-state index >= 15 is 0 Å². The van der Waals surface area contributed by atoms with E-state index in [2.05, 4.69) is 0 Å².